The van der Waals surface area contributed by atoms with Gasteiger partial charge in [0.05, 0.1) is 23.0 Å². The molecule has 0 bridgehead atoms. The second-order valence-corrected chi connectivity index (χ2v) is 4.63. The molecule has 0 saturated heterocycles. The predicted octanol–water partition coefficient (Wildman–Crippen LogP) is 2.54. The van der Waals surface area contributed by atoms with E-state index in [1.165, 1.54) is 11.4 Å². The Hall–Kier alpha value is -1.42. The minimum Gasteiger partial charge on any atom is -0.320 e. The summed E-state index contributed by atoms with van der Waals surface area (Å²) in [6.07, 6.45) is 0. The Morgan fingerprint density at radius 2 is 1.82 bits per heavy atom. The molecule has 0 unspecified atom stereocenters. The first-order chi connectivity index (χ1) is 8.00. The first-order valence-electron chi connectivity index (χ1n) is 5.57. The van der Waals surface area contributed by atoms with Crippen molar-refractivity contribution in [2.75, 3.05) is 5.43 Å². The molecule has 2 aromatic rings. The highest BCUT2D eigenvalue weighted by Gasteiger charge is 2.11. The van der Waals surface area contributed by atoms with Crippen LogP contribution >= 0.6 is 11.6 Å². The molecule has 0 aliphatic carbocycles. The molecule has 2 aromatic heterocycles. The summed E-state index contributed by atoms with van der Waals surface area (Å²) in [5.41, 5.74) is 7.56. The number of hydrogen-bond acceptors (Lipinski definition) is 2. The number of aryl methyl sites for hydroxylation is 4. The maximum absolute atomic E-state index is 6.20. The van der Waals surface area contributed by atoms with Gasteiger partial charge in [0.25, 0.3) is 0 Å². The molecule has 0 spiro atoms. The molecule has 2 heterocycles. The van der Waals surface area contributed by atoms with Gasteiger partial charge in [0.15, 0.2) is 0 Å². The van der Waals surface area contributed by atoms with Gasteiger partial charge >= 0.3 is 0 Å². The van der Waals surface area contributed by atoms with Crippen molar-refractivity contribution >= 4 is 11.6 Å². The van der Waals surface area contributed by atoms with Crippen molar-refractivity contribution in [1.29, 1.82) is 0 Å². The smallest absolute Gasteiger partial charge is 0.0866 e. The number of nitrogens with zero attached hydrogens (tertiary/aromatic N) is 3. The summed E-state index contributed by atoms with van der Waals surface area (Å²) in [5, 5.41) is 5.03. The lowest BCUT2D eigenvalue weighted by atomic mass is 10.3. The monoisotopic (exact) mass is 252 g/mol. The third-order valence-electron chi connectivity index (χ3n) is 2.94. The van der Waals surface area contributed by atoms with E-state index in [-0.39, 0.29) is 0 Å². The van der Waals surface area contributed by atoms with Crippen LogP contribution in [0.5, 0.6) is 0 Å². The zero-order valence-corrected chi connectivity index (χ0v) is 11.3. The SMILES string of the molecule is Cc1nn(C)c(CNn2c(C)ccc2C)c1Cl. The fourth-order valence-corrected chi connectivity index (χ4v) is 2.17. The standard InChI is InChI=1S/C12H17ClN4/c1-8-5-6-9(2)17(8)14-7-11-12(13)10(3)15-16(11)4/h5-6,14H,7H2,1-4H3. The third kappa shape index (κ3) is 2.17. The Kier molecular flexibility index (Phi) is 3.15. The van der Waals surface area contributed by atoms with E-state index in [0.29, 0.717) is 6.54 Å². The van der Waals surface area contributed by atoms with Crippen LogP contribution in [0.15, 0.2) is 12.1 Å². The number of nitrogens with one attached hydrogen (secondary N) is 1. The van der Waals surface area contributed by atoms with Gasteiger partial charge in [0.2, 0.25) is 0 Å². The molecule has 4 nitrogen and oxygen atoms in total. The number of aromatic nitrogens is 3. The molecular formula is C12H17ClN4. The van der Waals surface area contributed by atoms with Gasteiger partial charge in [-0.25, -0.2) is 0 Å². The Labute approximate surface area is 106 Å². The zero-order valence-electron chi connectivity index (χ0n) is 10.6. The van der Waals surface area contributed by atoms with Crippen LogP contribution in [0.2, 0.25) is 5.02 Å². The van der Waals surface area contributed by atoms with Crippen LogP contribution in [0.4, 0.5) is 0 Å². The summed E-state index contributed by atoms with van der Waals surface area (Å²) < 4.78 is 3.87. The van der Waals surface area contributed by atoms with Crippen LogP contribution in [-0.2, 0) is 13.6 Å². The summed E-state index contributed by atoms with van der Waals surface area (Å²) in [5.74, 6) is 0. The Morgan fingerprint density at radius 3 is 2.29 bits per heavy atom. The molecule has 0 aliphatic rings. The van der Waals surface area contributed by atoms with Gasteiger partial charge in [-0.15, -0.1) is 0 Å². The molecule has 0 saturated carbocycles. The Balaban J connectivity index is 2.18. The second-order valence-electron chi connectivity index (χ2n) is 4.26. The van der Waals surface area contributed by atoms with Crippen LogP contribution in [0.3, 0.4) is 0 Å². The molecule has 0 atom stereocenters. The van der Waals surface area contributed by atoms with E-state index in [4.69, 9.17) is 11.6 Å². The second kappa shape index (κ2) is 4.45. The predicted molar refractivity (Wildman–Crippen MR) is 69.9 cm³/mol. The first kappa shape index (κ1) is 12.0. The summed E-state index contributed by atoms with van der Waals surface area (Å²) in [6, 6.07) is 4.16. The van der Waals surface area contributed by atoms with Crippen LogP contribution < -0.4 is 5.43 Å². The van der Waals surface area contributed by atoms with Crippen molar-refractivity contribution in [2.24, 2.45) is 7.05 Å². The lowest BCUT2D eigenvalue weighted by Crippen LogP contribution is -2.18. The molecular weight excluding hydrogens is 236 g/mol. The van der Waals surface area contributed by atoms with Crippen LogP contribution in [0.25, 0.3) is 0 Å². The van der Waals surface area contributed by atoms with Gasteiger partial charge in [-0.3, -0.25) is 9.36 Å². The minimum absolute atomic E-state index is 0.659. The van der Waals surface area contributed by atoms with Crippen molar-refractivity contribution in [1.82, 2.24) is 14.5 Å². The highest BCUT2D eigenvalue weighted by Crippen LogP contribution is 2.19. The van der Waals surface area contributed by atoms with Gasteiger partial charge in [-0.1, -0.05) is 11.6 Å². The van der Waals surface area contributed by atoms with E-state index in [1.807, 2.05) is 18.7 Å². The van der Waals surface area contributed by atoms with Crippen LogP contribution in [0, 0.1) is 20.8 Å². The zero-order chi connectivity index (χ0) is 12.6. The molecule has 92 valence electrons. The maximum atomic E-state index is 6.20. The highest BCUT2D eigenvalue weighted by molar-refractivity contribution is 6.31. The van der Waals surface area contributed by atoms with E-state index in [1.54, 1.807) is 0 Å². The van der Waals surface area contributed by atoms with Crippen LogP contribution in [-0.4, -0.2) is 14.5 Å². The fourth-order valence-electron chi connectivity index (χ4n) is 1.94. The van der Waals surface area contributed by atoms with Crippen molar-refractivity contribution in [3.05, 3.63) is 39.9 Å². The summed E-state index contributed by atoms with van der Waals surface area (Å²) >= 11 is 6.20. The van der Waals surface area contributed by atoms with E-state index >= 15 is 0 Å². The van der Waals surface area contributed by atoms with Crippen molar-refractivity contribution in [3.63, 3.8) is 0 Å². The van der Waals surface area contributed by atoms with Crippen LogP contribution in [0.1, 0.15) is 22.8 Å². The highest BCUT2D eigenvalue weighted by atomic mass is 35.5. The number of hydrogen-bond donors (Lipinski definition) is 1. The molecule has 17 heavy (non-hydrogen) atoms. The van der Waals surface area contributed by atoms with Gasteiger partial charge in [-0.05, 0) is 32.9 Å². The van der Waals surface area contributed by atoms with E-state index in [9.17, 15) is 0 Å². The molecule has 0 aromatic carbocycles. The lowest BCUT2D eigenvalue weighted by Gasteiger charge is -2.12. The van der Waals surface area contributed by atoms with E-state index < -0.39 is 0 Å². The average Bonchev–Trinajstić information content (AvgIpc) is 2.70. The molecule has 0 amide bonds. The van der Waals surface area contributed by atoms with Crippen molar-refractivity contribution in [2.45, 2.75) is 27.3 Å². The third-order valence-corrected chi connectivity index (χ3v) is 3.43. The molecule has 2 rings (SSSR count). The average molecular weight is 253 g/mol. The molecule has 1 N–H and O–H groups in total. The quantitative estimate of drug-likeness (QED) is 0.911. The Bertz CT molecular complexity index is 519. The fraction of sp³-hybridized carbons (Fsp3) is 0.417. The van der Waals surface area contributed by atoms with E-state index in [2.05, 4.69) is 41.2 Å². The number of rotatable bonds is 3. The normalized spacial score (nSPS) is 10.9. The first-order valence-corrected chi connectivity index (χ1v) is 5.95. The lowest BCUT2D eigenvalue weighted by molar-refractivity contribution is 0.686. The van der Waals surface area contributed by atoms with Gasteiger partial charge in [0.1, 0.15) is 0 Å². The molecule has 0 radical (unpaired) electrons. The van der Waals surface area contributed by atoms with Gasteiger partial charge in [-0.2, -0.15) is 5.10 Å². The Morgan fingerprint density at radius 1 is 1.24 bits per heavy atom. The molecule has 5 heteroatoms. The topological polar surface area (TPSA) is 34.8 Å². The molecule has 0 fully saturated rings. The number of halogens is 1. The summed E-state index contributed by atoms with van der Waals surface area (Å²) in [7, 11) is 1.91. The summed E-state index contributed by atoms with van der Waals surface area (Å²) in [6.45, 7) is 6.71. The van der Waals surface area contributed by atoms with E-state index in [0.717, 1.165) is 16.4 Å². The van der Waals surface area contributed by atoms with Crippen molar-refractivity contribution < 1.29 is 0 Å². The van der Waals surface area contributed by atoms with Crippen molar-refractivity contribution in [3.8, 4) is 0 Å². The maximum Gasteiger partial charge on any atom is 0.0866 e. The minimum atomic E-state index is 0.659. The summed E-state index contributed by atoms with van der Waals surface area (Å²) in [4.78, 5) is 0. The largest absolute Gasteiger partial charge is 0.320 e. The van der Waals surface area contributed by atoms with Gasteiger partial charge in [0, 0.05) is 18.4 Å². The molecule has 0 aliphatic heterocycles. The van der Waals surface area contributed by atoms with Gasteiger partial charge < -0.3 is 5.43 Å².